The second-order valence-electron chi connectivity index (χ2n) is 9.15. The summed E-state index contributed by atoms with van der Waals surface area (Å²) in [7, 11) is 3.02. The molecular weight excluding hydrogens is 569 g/mol. The number of methoxy groups -OCH3 is 1. The predicted molar refractivity (Wildman–Crippen MR) is 143 cm³/mol. The first kappa shape index (κ1) is 30.0. The van der Waals surface area contributed by atoms with Crippen LogP contribution < -0.4 is 25.0 Å². The number of rotatable bonds is 9. The summed E-state index contributed by atoms with van der Waals surface area (Å²) in [5.41, 5.74) is 5.84. The van der Waals surface area contributed by atoms with Crippen molar-refractivity contribution >= 4 is 29.2 Å². The molecule has 1 amide bonds. The van der Waals surface area contributed by atoms with E-state index in [1.165, 1.54) is 54.4 Å². The fourth-order valence-electron chi connectivity index (χ4n) is 4.39. The Morgan fingerprint density at radius 3 is 2.44 bits per heavy atom. The lowest BCUT2D eigenvalue weighted by Gasteiger charge is -2.24. The molecule has 0 radical (unpaired) electrons. The number of aryl methyl sites for hydroxylation is 1. The van der Waals surface area contributed by atoms with Gasteiger partial charge in [0, 0.05) is 24.7 Å². The summed E-state index contributed by atoms with van der Waals surface area (Å²) in [6.07, 6.45) is -0.509. The summed E-state index contributed by atoms with van der Waals surface area (Å²) >= 11 is 6.33. The number of alkyl halides is 3. The van der Waals surface area contributed by atoms with Crippen LogP contribution in [-0.4, -0.2) is 54.2 Å². The maximum absolute atomic E-state index is 13.7. The molecule has 0 spiro atoms. The van der Waals surface area contributed by atoms with Gasteiger partial charge in [0.15, 0.2) is 11.5 Å². The van der Waals surface area contributed by atoms with Gasteiger partial charge in [-0.1, -0.05) is 11.6 Å². The second-order valence-corrected chi connectivity index (χ2v) is 9.56. The molecule has 3 aromatic rings. The van der Waals surface area contributed by atoms with Crippen molar-refractivity contribution in [1.29, 1.82) is 0 Å². The zero-order valence-electron chi connectivity index (χ0n) is 22.2. The zero-order valence-corrected chi connectivity index (χ0v) is 23.0. The lowest BCUT2D eigenvalue weighted by molar-refractivity contribution is -0.199. The number of aromatic nitrogens is 2. The molecule has 1 aliphatic rings. The van der Waals surface area contributed by atoms with E-state index >= 15 is 0 Å². The van der Waals surface area contributed by atoms with Crippen LogP contribution in [0.25, 0.3) is 11.3 Å². The third-order valence-corrected chi connectivity index (χ3v) is 6.60. The van der Waals surface area contributed by atoms with E-state index in [1.807, 2.05) is 0 Å². The molecule has 0 aliphatic heterocycles. The fourth-order valence-corrected chi connectivity index (χ4v) is 4.66. The van der Waals surface area contributed by atoms with E-state index in [0.717, 1.165) is 25.7 Å². The van der Waals surface area contributed by atoms with E-state index in [2.05, 4.69) is 9.94 Å². The fraction of sp³-hybridized carbons (Fsp3) is 0.370. The summed E-state index contributed by atoms with van der Waals surface area (Å²) < 4.78 is 58.3. The van der Waals surface area contributed by atoms with E-state index in [1.54, 1.807) is 7.05 Å². The van der Waals surface area contributed by atoms with Crippen LogP contribution >= 0.6 is 11.6 Å². The molecule has 4 rings (SSSR count). The molecule has 1 heterocycles. The largest absolute Gasteiger partial charge is 0.493 e. The standard InChI is InChI=1S/C27H28ClF3N4O6/c1-34-24(20(28)15-33-34)19-14-17(8-10-21(19)39-12-11-32)35(41-26(37)27(29,30)31)25(36)16-7-9-22(38-2)23(13-16)40-18-5-3-4-6-18/h7-10,13-15,18H,3-6,11-12,32H2,1-2H3. The molecule has 0 saturated heterocycles. The monoisotopic (exact) mass is 596 g/mol. The summed E-state index contributed by atoms with van der Waals surface area (Å²) in [6, 6.07) is 8.08. The van der Waals surface area contributed by atoms with Crippen LogP contribution in [0.15, 0.2) is 42.6 Å². The van der Waals surface area contributed by atoms with E-state index in [-0.39, 0.29) is 57.7 Å². The highest BCUT2D eigenvalue weighted by molar-refractivity contribution is 6.33. The van der Waals surface area contributed by atoms with Gasteiger partial charge >= 0.3 is 12.1 Å². The summed E-state index contributed by atoms with van der Waals surface area (Å²) in [5.74, 6) is -2.83. The molecule has 0 unspecified atom stereocenters. The second kappa shape index (κ2) is 12.7. The van der Waals surface area contributed by atoms with Crippen molar-refractivity contribution in [2.45, 2.75) is 38.0 Å². The lowest BCUT2D eigenvalue weighted by Crippen LogP contribution is -2.38. The van der Waals surface area contributed by atoms with E-state index in [9.17, 15) is 22.8 Å². The van der Waals surface area contributed by atoms with Crippen LogP contribution in [-0.2, 0) is 16.7 Å². The van der Waals surface area contributed by atoms with Crippen LogP contribution in [0.1, 0.15) is 36.0 Å². The smallest absolute Gasteiger partial charge is 0.493 e. The number of carbonyl (C=O) groups is 2. The van der Waals surface area contributed by atoms with E-state index in [4.69, 9.17) is 31.5 Å². The van der Waals surface area contributed by atoms with E-state index in [0.29, 0.717) is 11.4 Å². The minimum atomic E-state index is -5.38. The number of amides is 1. The van der Waals surface area contributed by atoms with Gasteiger partial charge in [0.1, 0.15) is 12.4 Å². The number of hydrogen-bond acceptors (Lipinski definition) is 8. The average Bonchev–Trinajstić information content (AvgIpc) is 3.58. The van der Waals surface area contributed by atoms with E-state index < -0.39 is 18.1 Å². The first-order chi connectivity index (χ1) is 19.5. The average molecular weight is 597 g/mol. The van der Waals surface area contributed by atoms with Crippen molar-refractivity contribution in [1.82, 2.24) is 9.78 Å². The molecular formula is C27H28ClF3N4O6. The molecule has 0 bridgehead atoms. The molecule has 2 N–H and O–H groups in total. The molecule has 220 valence electrons. The van der Waals surface area contributed by atoms with Crippen molar-refractivity contribution in [2.75, 3.05) is 25.3 Å². The van der Waals surface area contributed by atoms with Crippen LogP contribution in [0.3, 0.4) is 0 Å². The van der Waals surface area contributed by atoms with Crippen LogP contribution in [0.5, 0.6) is 17.2 Å². The SMILES string of the molecule is COc1ccc(C(=O)N(OC(=O)C(F)(F)F)c2ccc(OCCN)c(-c3c(Cl)cnn3C)c2)cc1OC1CCCC1. The molecule has 41 heavy (non-hydrogen) atoms. The predicted octanol–water partition coefficient (Wildman–Crippen LogP) is 5.08. The van der Waals surface area contributed by atoms with Crippen molar-refractivity contribution in [3.63, 3.8) is 0 Å². The van der Waals surface area contributed by atoms with Gasteiger partial charge in [-0.3, -0.25) is 9.48 Å². The molecule has 2 aromatic carbocycles. The van der Waals surface area contributed by atoms with Gasteiger partial charge in [0.05, 0.1) is 35.8 Å². The van der Waals surface area contributed by atoms with Crippen LogP contribution in [0.2, 0.25) is 5.02 Å². The first-order valence-corrected chi connectivity index (χ1v) is 13.0. The van der Waals surface area contributed by atoms with Gasteiger partial charge in [-0.25, -0.2) is 4.79 Å². The quantitative estimate of drug-likeness (QED) is 0.340. The molecule has 1 aliphatic carbocycles. The highest BCUT2D eigenvalue weighted by Gasteiger charge is 2.44. The number of benzene rings is 2. The Bertz CT molecular complexity index is 1390. The Hall–Kier alpha value is -3.97. The zero-order chi connectivity index (χ0) is 29.7. The third-order valence-electron chi connectivity index (χ3n) is 6.32. The highest BCUT2D eigenvalue weighted by Crippen LogP contribution is 2.39. The lowest BCUT2D eigenvalue weighted by atomic mass is 10.1. The van der Waals surface area contributed by atoms with Gasteiger partial charge in [0.25, 0.3) is 5.91 Å². The molecule has 1 aromatic heterocycles. The van der Waals surface area contributed by atoms with Crippen molar-refractivity contribution in [3.05, 3.63) is 53.2 Å². The normalized spacial score (nSPS) is 13.6. The Morgan fingerprint density at radius 1 is 1.12 bits per heavy atom. The summed E-state index contributed by atoms with van der Waals surface area (Å²) in [4.78, 5) is 30.3. The third kappa shape index (κ3) is 6.85. The minimum absolute atomic E-state index is 0.0966. The minimum Gasteiger partial charge on any atom is -0.493 e. The van der Waals surface area contributed by atoms with Gasteiger partial charge < -0.3 is 24.8 Å². The molecule has 0 atom stereocenters. The van der Waals surface area contributed by atoms with Gasteiger partial charge in [-0.2, -0.15) is 18.3 Å². The number of hydroxylamine groups is 1. The van der Waals surface area contributed by atoms with Gasteiger partial charge in [-0.05, 0) is 62.1 Å². The molecule has 1 saturated carbocycles. The Kier molecular flexibility index (Phi) is 9.28. The number of nitrogens with two attached hydrogens (primary N) is 1. The molecule has 14 heteroatoms. The maximum Gasteiger partial charge on any atom is 0.493 e. The highest BCUT2D eigenvalue weighted by atomic mass is 35.5. The summed E-state index contributed by atoms with van der Waals surface area (Å²) in [6.45, 7) is 0.292. The Balaban J connectivity index is 1.79. The Labute approximate surface area is 238 Å². The van der Waals surface area contributed by atoms with Crippen LogP contribution in [0, 0.1) is 0 Å². The van der Waals surface area contributed by atoms with Gasteiger partial charge in [-0.15, -0.1) is 5.06 Å². The molecule has 1 fully saturated rings. The molecule has 10 nitrogen and oxygen atoms in total. The van der Waals surface area contributed by atoms with Gasteiger partial charge in [0.2, 0.25) is 0 Å². The number of anilines is 1. The van der Waals surface area contributed by atoms with Crippen molar-refractivity contribution in [2.24, 2.45) is 12.8 Å². The number of nitrogens with zero attached hydrogens (tertiary/aromatic N) is 3. The number of halogens is 4. The number of ether oxygens (including phenoxy) is 3. The number of hydrogen-bond donors (Lipinski definition) is 1. The van der Waals surface area contributed by atoms with Crippen LogP contribution in [0.4, 0.5) is 18.9 Å². The van der Waals surface area contributed by atoms with Crippen molar-refractivity contribution < 1.29 is 41.8 Å². The van der Waals surface area contributed by atoms with Crippen molar-refractivity contribution in [3.8, 4) is 28.5 Å². The first-order valence-electron chi connectivity index (χ1n) is 12.7. The topological polar surface area (TPSA) is 118 Å². The maximum atomic E-state index is 13.7. The summed E-state index contributed by atoms with van der Waals surface area (Å²) in [5, 5.41) is 4.55. The Morgan fingerprint density at radius 2 is 1.83 bits per heavy atom. The number of carbonyl (C=O) groups excluding carboxylic acids is 2.